The number of nitrogens with zero attached hydrogens (tertiary/aromatic N) is 3. The summed E-state index contributed by atoms with van der Waals surface area (Å²) in [6.45, 7) is 6.55. The average molecular weight is 221 g/mol. The van der Waals surface area contributed by atoms with Crippen LogP contribution in [0.25, 0.3) is 0 Å². The second-order valence-electron chi connectivity index (χ2n) is 4.00. The Morgan fingerprint density at radius 1 is 1.44 bits per heavy atom. The van der Waals surface area contributed by atoms with E-state index < -0.39 is 0 Å². The molecule has 1 aromatic heterocycles. The maximum Gasteiger partial charge on any atom is 0.257 e. The molecule has 0 bridgehead atoms. The Morgan fingerprint density at radius 3 is 2.69 bits per heavy atom. The summed E-state index contributed by atoms with van der Waals surface area (Å²) in [5.74, 6) is 0.705. The van der Waals surface area contributed by atoms with E-state index in [2.05, 4.69) is 16.9 Å². The fraction of sp³-hybridized carbons (Fsp3) is 0.583. The molecule has 0 spiro atoms. The maximum atomic E-state index is 12.0. The van der Waals surface area contributed by atoms with Gasteiger partial charge in [-0.25, -0.2) is 9.97 Å². The summed E-state index contributed by atoms with van der Waals surface area (Å²) in [4.78, 5) is 22.0. The first kappa shape index (κ1) is 12.6. The van der Waals surface area contributed by atoms with Crippen molar-refractivity contribution < 1.29 is 4.79 Å². The average Bonchev–Trinajstić information content (AvgIpc) is 2.25. The highest BCUT2D eigenvalue weighted by atomic mass is 16.2. The first-order valence-electron chi connectivity index (χ1n) is 5.62. The summed E-state index contributed by atoms with van der Waals surface area (Å²) in [5.41, 5.74) is 1.35. The van der Waals surface area contributed by atoms with Gasteiger partial charge in [0.05, 0.1) is 11.3 Å². The zero-order chi connectivity index (χ0) is 12.1. The summed E-state index contributed by atoms with van der Waals surface area (Å²) in [6, 6.07) is 0. The van der Waals surface area contributed by atoms with Crippen molar-refractivity contribution in [2.45, 2.75) is 33.6 Å². The third-order valence-corrected chi connectivity index (χ3v) is 2.52. The molecule has 1 aromatic rings. The number of rotatable bonds is 4. The van der Waals surface area contributed by atoms with Crippen molar-refractivity contribution in [1.29, 1.82) is 0 Å². The smallest absolute Gasteiger partial charge is 0.257 e. The van der Waals surface area contributed by atoms with E-state index in [0.29, 0.717) is 11.4 Å². The quantitative estimate of drug-likeness (QED) is 0.780. The van der Waals surface area contributed by atoms with Crippen LogP contribution < -0.4 is 0 Å². The molecule has 0 N–H and O–H groups in total. The fourth-order valence-electron chi connectivity index (χ4n) is 1.50. The summed E-state index contributed by atoms with van der Waals surface area (Å²) in [5, 5.41) is 0. The van der Waals surface area contributed by atoms with Gasteiger partial charge in [0.25, 0.3) is 5.91 Å². The number of amides is 1. The SMILES string of the molecule is CCCCN(C)C(=O)c1cnc(C)nc1C. The van der Waals surface area contributed by atoms with E-state index in [9.17, 15) is 4.79 Å². The predicted octanol–water partition coefficient (Wildman–Crippen LogP) is 1.97. The molecule has 0 aliphatic carbocycles. The Balaban J connectivity index is 2.79. The fourth-order valence-corrected chi connectivity index (χ4v) is 1.50. The third kappa shape index (κ3) is 3.02. The molecule has 1 rings (SSSR count). The highest BCUT2D eigenvalue weighted by Crippen LogP contribution is 2.07. The highest BCUT2D eigenvalue weighted by molar-refractivity contribution is 5.94. The van der Waals surface area contributed by atoms with Crippen molar-refractivity contribution in [1.82, 2.24) is 14.9 Å². The van der Waals surface area contributed by atoms with Crippen LogP contribution in [0.15, 0.2) is 6.20 Å². The number of carbonyl (C=O) groups excluding carboxylic acids is 1. The van der Waals surface area contributed by atoms with Crippen LogP contribution in [-0.4, -0.2) is 34.4 Å². The van der Waals surface area contributed by atoms with E-state index in [1.165, 1.54) is 0 Å². The molecule has 4 nitrogen and oxygen atoms in total. The maximum absolute atomic E-state index is 12.0. The van der Waals surface area contributed by atoms with Crippen LogP contribution in [0.5, 0.6) is 0 Å². The van der Waals surface area contributed by atoms with E-state index in [-0.39, 0.29) is 5.91 Å². The van der Waals surface area contributed by atoms with Gasteiger partial charge in [-0.3, -0.25) is 4.79 Å². The van der Waals surface area contributed by atoms with Crippen LogP contribution in [0.4, 0.5) is 0 Å². The molecule has 0 saturated heterocycles. The summed E-state index contributed by atoms with van der Waals surface area (Å²) < 4.78 is 0. The normalized spacial score (nSPS) is 10.2. The van der Waals surface area contributed by atoms with Crippen molar-refractivity contribution in [3.8, 4) is 0 Å². The lowest BCUT2D eigenvalue weighted by Crippen LogP contribution is -2.28. The van der Waals surface area contributed by atoms with Crippen molar-refractivity contribution in [3.05, 3.63) is 23.3 Å². The molecule has 1 amide bonds. The Morgan fingerprint density at radius 2 is 2.12 bits per heavy atom. The monoisotopic (exact) mass is 221 g/mol. The summed E-state index contributed by atoms with van der Waals surface area (Å²) >= 11 is 0. The minimum absolute atomic E-state index is 0.00551. The zero-order valence-corrected chi connectivity index (χ0v) is 10.4. The lowest BCUT2D eigenvalue weighted by Gasteiger charge is -2.17. The lowest BCUT2D eigenvalue weighted by molar-refractivity contribution is 0.0791. The molecule has 1 heterocycles. The number of hydrogen-bond donors (Lipinski definition) is 0. The summed E-state index contributed by atoms with van der Waals surface area (Å²) in [7, 11) is 1.82. The van der Waals surface area contributed by atoms with Crippen LogP contribution in [0.3, 0.4) is 0 Å². The van der Waals surface area contributed by atoms with Crippen LogP contribution in [0.2, 0.25) is 0 Å². The van der Waals surface area contributed by atoms with Gasteiger partial charge >= 0.3 is 0 Å². The largest absolute Gasteiger partial charge is 0.342 e. The number of unbranched alkanes of at least 4 members (excludes halogenated alkanes) is 1. The Bertz CT molecular complexity index is 377. The highest BCUT2D eigenvalue weighted by Gasteiger charge is 2.14. The zero-order valence-electron chi connectivity index (χ0n) is 10.4. The first-order valence-corrected chi connectivity index (χ1v) is 5.62. The lowest BCUT2D eigenvalue weighted by atomic mass is 10.2. The van der Waals surface area contributed by atoms with E-state index in [1.807, 2.05) is 20.9 Å². The van der Waals surface area contributed by atoms with Crippen LogP contribution in [-0.2, 0) is 0 Å². The van der Waals surface area contributed by atoms with Gasteiger partial charge in [0.1, 0.15) is 5.82 Å². The number of hydrogen-bond acceptors (Lipinski definition) is 3. The van der Waals surface area contributed by atoms with Gasteiger partial charge in [-0.2, -0.15) is 0 Å². The van der Waals surface area contributed by atoms with Gasteiger partial charge in [0.2, 0.25) is 0 Å². The standard InChI is InChI=1S/C12H19N3O/c1-5-6-7-15(4)12(16)11-8-13-10(3)14-9(11)2/h8H,5-7H2,1-4H3. The summed E-state index contributed by atoms with van der Waals surface area (Å²) in [6.07, 6.45) is 3.72. The van der Waals surface area contributed by atoms with Gasteiger partial charge in [0.15, 0.2) is 0 Å². The Labute approximate surface area is 96.7 Å². The van der Waals surface area contributed by atoms with E-state index in [4.69, 9.17) is 0 Å². The molecular weight excluding hydrogens is 202 g/mol. The molecule has 88 valence electrons. The second-order valence-corrected chi connectivity index (χ2v) is 4.00. The van der Waals surface area contributed by atoms with Gasteiger partial charge in [-0.05, 0) is 20.3 Å². The van der Waals surface area contributed by atoms with E-state index >= 15 is 0 Å². The van der Waals surface area contributed by atoms with Crippen molar-refractivity contribution in [3.63, 3.8) is 0 Å². The molecule has 0 aromatic carbocycles. The van der Waals surface area contributed by atoms with Crippen molar-refractivity contribution >= 4 is 5.91 Å². The molecule has 0 aliphatic heterocycles. The molecular formula is C12H19N3O. The number of aryl methyl sites for hydroxylation is 2. The Kier molecular flexibility index (Phi) is 4.40. The van der Waals surface area contributed by atoms with Crippen molar-refractivity contribution in [2.75, 3.05) is 13.6 Å². The molecule has 4 heteroatoms. The molecule has 0 unspecified atom stereocenters. The minimum atomic E-state index is 0.00551. The Hall–Kier alpha value is -1.45. The van der Waals surface area contributed by atoms with Crippen molar-refractivity contribution in [2.24, 2.45) is 0 Å². The van der Waals surface area contributed by atoms with Gasteiger partial charge in [-0.15, -0.1) is 0 Å². The van der Waals surface area contributed by atoms with Crippen LogP contribution in [0.1, 0.15) is 41.6 Å². The second kappa shape index (κ2) is 5.58. The minimum Gasteiger partial charge on any atom is -0.342 e. The molecule has 0 fully saturated rings. The molecule has 0 saturated carbocycles. The van der Waals surface area contributed by atoms with E-state index in [0.717, 1.165) is 25.1 Å². The molecule has 16 heavy (non-hydrogen) atoms. The van der Waals surface area contributed by atoms with Crippen LogP contribution in [0, 0.1) is 13.8 Å². The third-order valence-electron chi connectivity index (χ3n) is 2.52. The van der Waals surface area contributed by atoms with Gasteiger partial charge in [-0.1, -0.05) is 13.3 Å². The predicted molar refractivity (Wildman–Crippen MR) is 63.4 cm³/mol. The van der Waals surface area contributed by atoms with Crippen LogP contribution >= 0.6 is 0 Å². The van der Waals surface area contributed by atoms with E-state index in [1.54, 1.807) is 11.1 Å². The molecule has 0 aliphatic rings. The first-order chi connectivity index (χ1) is 7.56. The molecule has 0 radical (unpaired) electrons. The number of aromatic nitrogens is 2. The number of carbonyl (C=O) groups is 1. The molecule has 0 atom stereocenters. The topological polar surface area (TPSA) is 46.1 Å². The van der Waals surface area contributed by atoms with Gasteiger partial charge < -0.3 is 4.90 Å². The van der Waals surface area contributed by atoms with Gasteiger partial charge in [0, 0.05) is 19.8 Å².